The van der Waals surface area contributed by atoms with Crippen LogP contribution in [0.4, 0.5) is 8.78 Å². The summed E-state index contributed by atoms with van der Waals surface area (Å²) in [5, 5.41) is 3.24. The predicted octanol–water partition coefficient (Wildman–Crippen LogP) is 2.32. The van der Waals surface area contributed by atoms with Crippen LogP contribution >= 0.6 is 0 Å². The zero-order valence-electron chi connectivity index (χ0n) is 10.2. The maximum atomic E-state index is 13.2. The van der Waals surface area contributed by atoms with Gasteiger partial charge in [0.1, 0.15) is 11.6 Å². The third kappa shape index (κ3) is 2.82. The molecule has 1 aliphatic rings. The van der Waals surface area contributed by atoms with Gasteiger partial charge in [-0.2, -0.15) is 0 Å². The van der Waals surface area contributed by atoms with E-state index in [2.05, 4.69) is 10.2 Å². The summed E-state index contributed by atoms with van der Waals surface area (Å²) >= 11 is 0. The molecule has 1 aromatic rings. The molecule has 17 heavy (non-hydrogen) atoms. The predicted molar refractivity (Wildman–Crippen MR) is 63.8 cm³/mol. The second kappa shape index (κ2) is 5.10. The summed E-state index contributed by atoms with van der Waals surface area (Å²) in [4.78, 5) is 2.15. The molecular weight excluding hydrogens is 222 g/mol. The number of hydrogen-bond donors (Lipinski definition) is 1. The fraction of sp³-hybridized carbons (Fsp3) is 0.538. The average Bonchev–Trinajstić information content (AvgIpc) is 2.28. The van der Waals surface area contributed by atoms with E-state index >= 15 is 0 Å². The van der Waals surface area contributed by atoms with E-state index in [1.165, 1.54) is 12.1 Å². The number of likely N-dealkylation sites (tertiary alicyclic amines) is 1. The van der Waals surface area contributed by atoms with Gasteiger partial charge in [-0.05, 0) is 51.2 Å². The number of hydrogen-bond acceptors (Lipinski definition) is 2. The minimum Gasteiger partial charge on any atom is -0.317 e. The van der Waals surface area contributed by atoms with Crippen LogP contribution in [0.15, 0.2) is 18.2 Å². The Balaban J connectivity index is 2.24. The Hall–Kier alpha value is -1.00. The van der Waals surface area contributed by atoms with Gasteiger partial charge in [-0.3, -0.25) is 4.90 Å². The fourth-order valence-corrected chi connectivity index (χ4v) is 2.50. The van der Waals surface area contributed by atoms with E-state index < -0.39 is 11.6 Å². The second-order valence-corrected chi connectivity index (χ2v) is 4.71. The zero-order valence-corrected chi connectivity index (χ0v) is 10.2. The Morgan fingerprint density at radius 3 is 2.47 bits per heavy atom. The summed E-state index contributed by atoms with van der Waals surface area (Å²) in [5.41, 5.74) is 0.727. The van der Waals surface area contributed by atoms with Gasteiger partial charge in [0, 0.05) is 18.2 Å². The van der Waals surface area contributed by atoms with Crippen LogP contribution in [0, 0.1) is 11.6 Å². The van der Waals surface area contributed by atoms with Crippen LogP contribution in [-0.4, -0.2) is 31.6 Å². The summed E-state index contributed by atoms with van der Waals surface area (Å²) in [5.74, 6) is -1.00. The SMILES string of the molecule is CN[C@@H]1CCN(C)[C@H](c2cc(F)cc(F)c2)C1. The molecule has 0 spiro atoms. The van der Waals surface area contributed by atoms with Gasteiger partial charge in [-0.15, -0.1) is 0 Å². The van der Waals surface area contributed by atoms with Crippen molar-refractivity contribution >= 4 is 0 Å². The van der Waals surface area contributed by atoms with E-state index in [-0.39, 0.29) is 6.04 Å². The molecule has 4 heteroatoms. The normalized spacial score (nSPS) is 26.1. The molecular formula is C13H18F2N2. The quantitative estimate of drug-likeness (QED) is 0.853. The summed E-state index contributed by atoms with van der Waals surface area (Å²) in [6.45, 7) is 0.939. The zero-order chi connectivity index (χ0) is 12.4. The van der Waals surface area contributed by atoms with Crippen molar-refractivity contribution in [3.05, 3.63) is 35.4 Å². The number of piperidine rings is 1. The van der Waals surface area contributed by atoms with Gasteiger partial charge in [0.05, 0.1) is 0 Å². The molecule has 1 aliphatic heterocycles. The first-order valence-electron chi connectivity index (χ1n) is 5.93. The van der Waals surface area contributed by atoms with E-state index in [1.807, 2.05) is 14.1 Å². The van der Waals surface area contributed by atoms with Gasteiger partial charge in [0.15, 0.2) is 0 Å². The van der Waals surface area contributed by atoms with Crippen molar-refractivity contribution in [3.8, 4) is 0 Å². The average molecular weight is 240 g/mol. The van der Waals surface area contributed by atoms with Gasteiger partial charge in [-0.1, -0.05) is 0 Å². The van der Waals surface area contributed by atoms with Crippen LogP contribution in [-0.2, 0) is 0 Å². The maximum absolute atomic E-state index is 13.2. The third-order valence-electron chi connectivity index (χ3n) is 3.55. The smallest absolute Gasteiger partial charge is 0.126 e. The molecule has 1 saturated heterocycles. The molecule has 2 rings (SSSR count). The molecule has 0 aliphatic carbocycles. The first-order valence-corrected chi connectivity index (χ1v) is 5.93. The van der Waals surface area contributed by atoms with E-state index in [0.717, 1.165) is 31.0 Å². The van der Waals surface area contributed by atoms with Gasteiger partial charge < -0.3 is 5.32 Å². The Morgan fingerprint density at radius 1 is 1.24 bits per heavy atom. The van der Waals surface area contributed by atoms with E-state index in [9.17, 15) is 8.78 Å². The third-order valence-corrected chi connectivity index (χ3v) is 3.55. The van der Waals surface area contributed by atoms with E-state index in [0.29, 0.717) is 6.04 Å². The van der Waals surface area contributed by atoms with Crippen molar-refractivity contribution in [3.63, 3.8) is 0 Å². The number of rotatable bonds is 2. The van der Waals surface area contributed by atoms with Gasteiger partial charge in [-0.25, -0.2) is 8.78 Å². The lowest BCUT2D eigenvalue weighted by Crippen LogP contribution is -2.41. The van der Waals surface area contributed by atoms with Crippen molar-refractivity contribution in [1.29, 1.82) is 0 Å². The van der Waals surface area contributed by atoms with Gasteiger partial charge in [0.2, 0.25) is 0 Å². The molecule has 0 aromatic heterocycles. The highest BCUT2D eigenvalue weighted by molar-refractivity contribution is 5.22. The molecule has 0 amide bonds. The van der Waals surface area contributed by atoms with Gasteiger partial charge in [0.25, 0.3) is 0 Å². The highest BCUT2D eigenvalue weighted by Gasteiger charge is 2.26. The molecule has 1 heterocycles. The number of nitrogens with zero attached hydrogens (tertiary/aromatic N) is 1. The standard InChI is InChI=1S/C13H18F2N2/c1-16-12-3-4-17(2)13(8-12)9-5-10(14)7-11(15)6-9/h5-7,12-13,16H,3-4,8H2,1-2H3/t12-,13+/m1/s1. The van der Waals surface area contributed by atoms with Crippen LogP contribution in [0.5, 0.6) is 0 Å². The minimum absolute atomic E-state index is 0.0893. The Bertz CT molecular complexity index is 375. The van der Waals surface area contributed by atoms with Crippen LogP contribution in [0.1, 0.15) is 24.4 Å². The summed E-state index contributed by atoms with van der Waals surface area (Å²) in [6.07, 6.45) is 1.96. The molecule has 2 nitrogen and oxygen atoms in total. The monoisotopic (exact) mass is 240 g/mol. The second-order valence-electron chi connectivity index (χ2n) is 4.71. The molecule has 94 valence electrons. The highest BCUT2D eigenvalue weighted by Crippen LogP contribution is 2.30. The summed E-state index contributed by atoms with van der Waals surface area (Å²) in [7, 11) is 3.93. The highest BCUT2D eigenvalue weighted by atomic mass is 19.1. The van der Waals surface area contributed by atoms with Crippen LogP contribution in [0.3, 0.4) is 0 Å². The largest absolute Gasteiger partial charge is 0.317 e. The summed E-state index contributed by atoms with van der Waals surface area (Å²) in [6, 6.07) is 4.29. The van der Waals surface area contributed by atoms with Gasteiger partial charge >= 0.3 is 0 Å². The Kier molecular flexibility index (Phi) is 3.74. The molecule has 0 saturated carbocycles. The first kappa shape index (κ1) is 12.5. The molecule has 0 unspecified atom stereocenters. The van der Waals surface area contributed by atoms with Crippen molar-refractivity contribution < 1.29 is 8.78 Å². The molecule has 1 N–H and O–H groups in total. The molecule has 0 radical (unpaired) electrons. The molecule has 1 aromatic carbocycles. The topological polar surface area (TPSA) is 15.3 Å². The lowest BCUT2D eigenvalue weighted by molar-refractivity contribution is 0.160. The first-order chi connectivity index (χ1) is 8.10. The number of nitrogens with one attached hydrogen (secondary N) is 1. The van der Waals surface area contributed by atoms with Crippen molar-refractivity contribution in [2.45, 2.75) is 24.9 Å². The van der Waals surface area contributed by atoms with Crippen LogP contribution in [0.2, 0.25) is 0 Å². The summed E-state index contributed by atoms with van der Waals surface area (Å²) < 4.78 is 26.4. The number of benzene rings is 1. The lowest BCUT2D eigenvalue weighted by atomic mass is 9.92. The molecule has 0 bridgehead atoms. The van der Waals surface area contributed by atoms with E-state index in [1.54, 1.807) is 0 Å². The van der Waals surface area contributed by atoms with E-state index in [4.69, 9.17) is 0 Å². The maximum Gasteiger partial charge on any atom is 0.126 e. The Labute approximate surface area is 101 Å². The van der Waals surface area contributed by atoms with Crippen molar-refractivity contribution in [1.82, 2.24) is 10.2 Å². The van der Waals surface area contributed by atoms with Crippen LogP contribution < -0.4 is 5.32 Å². The minimum atomic E-state index is -0.500. The van der Waals surface area contributed by atoms with Crippen molar-refractivity contribution in [2.24, 2.45) is 0 Å². The molecule has 2 atom stereocenters. The Morgan fingerprint density at radius 2 is 1.88 bits per heavy atom. The van der Waals surface area contributed by atoms with Crippen molar-refractivity contribution in [2.75, 3.05) is 20.6 Å². The fourth-order valence-electron chi connectivity index (χ4n) is 2.50. The van der Waals surface area contributed by atoms with Crippen LogP contribution in [0.25, 0.3) is 0 Å². The number of halogens is 2. The molecule has 1 fully saturated rings. The lowest BCUT2D eigenvalue weighted by Gasteiger charge is -2.37.